The summed E-state index contributed by atoms with van der Waals surface area (Å²) in [5.74, 6) is -1.91. The van der Waals surface area contributed by atoms with Gasteiger partial charge < -0.3 is 20.3 Å². The Morgan fingerprint density at radius 1 is 1.19 bits per heavy atom. The number of nitrogens with one attached hydrogen (secondary N) is 2. The fourth-order valence-corrected chi connectivity index (χ4v) is 2.40. The fourth-order valence-electron chi connectivity index (χ4n) is 2.40. The van der Waals surface area contributed by atoms with Gasteiger partial charge in [-0.15, -0.1) is 0 Å². The minimum atomic E-state index is -1.09. The molecular formula is C18H22N4O4. The molecule has 1 heterocycles. The average Bonchev–Trinajstić information content (AvgIpc) is 3.13. The van der Waals surface area contributed by atoms with E-state index in [4.69, 9.17) is 5.11 Å². The van der Waals surface area contributed by atoms with E-state index in [9.17, 15) is 14.4 Å². The quantitative estimate of drug-likeness (QED) is 0.657. The molecule has 3 N–H and O–H groups in total. The van der Waals surface area contributed by atoms with Crippen molar-refractivity contribution in [2.75, 3.05) is 6.54 Å². The number of carboxylic acids is 1. The molecule has 0 spiro atoms. The van der Waals surface area contributed by atoms with E-state index < -0.39 is 23.8 Å². The van der Waals surface area contributed by atoms with E-state index in [1.807, 2.05) is 13.8 Å². The molecule has 2 rings (SSSR count). The molecule has 0 bridgehead atoms. The van der Waals surface area contributed by atoms with Crippen molar-refractivity contribution in [1.82, 2.24) is 20.2 Å². The van der Waals surface area contributed by atoms with E-state index in [0.717, 1.165) is 5.69 Å². The second-order valence-electron chi connectivity index (χ2n) is 6.29. The third kappa shape index (κ3) is 5.44. The van der Waals surface area contributed by atoms with Crippen LogP contribution in [-0.4, -0.2) is 45.0 Å². The lowest BCUT2D eigenvalue weighted by Gasteiger charge is -2.16. The summed E-state index contributed by atoms with van der Waals surface area (Å²) in [6, 6.07) is 5.84. The zero-order chi connectivity index (χ0) is 19.1. The summed E-state index contributed by atoms with van der Waals surface area (Å²) >= 11 is 0. The number of imidazole rings is 1. The Morgan fingerprint density at radius 3 is 2.42 bits per heavy atom. The van der Waals surface area contributed by atoms with Gasteiger partial charge in [-0.3, -0.25) is 9.59 Å². The number of amides is 2. The van der Waals surface area contributed by atoms with Gasteiger partial charge in [0.15, 0.2) is 0 Å². The Bertz CT molecular complexity index is 754. The van der Waals surface area contributed by atoms with Crippen LogP contribution in [0, 0.1) is 5.92 Å². The molecule has 8 heteroatoms. The van der Waals surface area contributed by atoms with Gasteiger partial charge in [0.25, 0.3) is 5.91 Å². The summed E-state index contributed by atoms with van der Waals surface area (Å²) in [7, 11) is 0. The Labute approximate surface area is 151 Å². The number of aliphatic carboxylic acids is 1. The molecule has 138 valence electrons. The zero-order valence-corrected chi connectivity index (χ0v) is 14.7. The highest BCUT2D eigenvalue weighted by molar-refractivity contribution is 5.97. The zero-order valence-electron chi connectivity index (χ0n) is 14.7. The Hall–Kier alpha value is -3.16. The summed E-state index contributed by atoms with van der Waals surface area (Å²) < 4.78 is 1.80. The van der Waals surface area contributed by atoms with Gasteiger partial charge in [-0.25, -0.2) is 9.78 Å². The van der Waals surface area contributed by atoms with Crippen molar-refractivity contribution in [1.29, 1.82) is 0 Å². The molecule has 0 saturated heterocycles. The summed E-state index contributed by atoms with van der Waals surface area (Å²) in [6.07, 6.45) is 5.42. The summed E-state index contributed by atoms with van der Waals surface area (Å²) in [5, 5.41) is 14.0. The van der Waals surface area contributed by atoms with E-state index in [2.05, 4.69) is 15.6 Å². The topological polar surface area (TPSA) is 113 Å². The van der Waals surface area contributed by atoms with Gasteiger partial charge in [0.05, 0.1) is 12.9 Å². The third-order valence-corrected chi connectivity index (χ3v) is 3.68. The molecule has 0 unspecified atom stereocenters. The van der Waals surface area contributed by atoms with Crippen molar-refractivity contribution >= 4 is 17.8 Å². The molecule has 8 nitrogen and oxygen atoms in total. The average molecular weight is 358 g/mol. The monoisotopic (exact) mass is 358 g/mol. The van der Waals surface area contributed by atoms with Gasteiger partial charge in [0.1, 0.15) is 6.04 Å². The van der Waals surface area contributed by atoms with Crippen LogP contribution in [0.25, 0.3) is 5.69 Å². The van der Waals surface area contributed by atoms with Crippen LogP contribution >= 0.6 is 0 Å². The van der Waals surface area contributed by atoms with E-state index in [0.29, 0.717) is 12.0 Å². The predicted molar refractivity (Wildman–Crippen MR) is 94.9 cm³/mol. The number of benzene rings is 1. The lowest BCUT2D eigenvalue weighted by Crippen LogP contribution is -2.46. The lowest BCUT2D eigenvalue weighted by molar-refractivity contribution is -0.142. The molecule has 0 fully saturated rings. The van der Waals surface area contributed by atoms with Crippen molar-refractivity contribution < 1.29 is 19.5 Å². The molecule has 0 aliphatic carbocycles. The van der Waals surface area contributed by atoms with E-state index >= 15 is 0 Å². The first-order valence-corrected chi connectivity index (χ1v) is 8.25. The van der Waals surface area contributed by atoms with E-state index in [1.54, 1.807) is 47.6 Å². The van der Waals surface area contributed by atoms with Crippen molar-refractivity contribution in [3.63, 3.8) is 0 Å². The van der Waals surface area contributed by atoms with Crippen LogP contribution in [0.3, 0.4) is 0 Å². The Balaban J connectivity index is 1.87. The van der Waals surface area contributed by atoms with Crippen LogP contribution in [0.15, 0.2) is 43.0 Å². The smallest absolute Gasteiger partial charge is 0.326 e. The van der Waals surface area contributed by atoms with Gasteiger partial charge in [-0.05, 0) is 36.6 Å². The first-order valence-electron chi connectivity index (χ1n) is 8.25. The number of carbonyl (C=O) groups is 3. The minimum Gasteiger partial charge on any atom is -0.480 e. The van der Waals surface area contributed by atoms with E-state index in [1.165, 1.54) is 0 Å². The summed E-state index contributed by atoms with van der Waals surface area (Å²) in [5.41, 5.74) is 1.26. The Morgan fingerprint density at radius 2 is 1.88 bits per heavy atom. The maximum absolute atomic E-state index is 12.1. The number of hydrogen-bond acceptors (Lipinski definition) is 4. The fraction of sp³-hybridized carbons (Fsp3) is 0.333. The van der Waals surface area contributed by atoms with Gasteiger partial charge in [0, 0.05) is 23.6 Å². The first kappa shape index (κ1) is 19.2. The molecule has 0 aliphatic rings. The second kappa shape index (κ2) is 8.80. The molecular weight excluding hydrogens is 336 g/mol. The molecule has 0 aliphatic heterocycles. The number of nitrogens with zero attached hydrogens (tertiary/aromatic N) is 2. The van der Waals surface area contributed by atoms with Crippen LogP contribution in [0.2, 0.25) is 0 Å². The molecule has 0 radical (unpaired) electrons. The van der Waals surface area contributed by atoms with Crippen LogP contribution in [0.1, 0.15) is 30.6 Å². The van der Waals surface area contributed by atoms with Gasteiger partial charge >= 0.3 is 5.97 Å². The largest absolute Gasteiger partial charge is 0.480 e. The SMILES string of the molecule is CC(C)C[C@H](NC(=O)CNC(=O)c1ccc(-n2ccnc2)cc1)C(=O)O. The lowest BCUT2D eigenvalue weighted by atomic mass is 10.0. The molecule has 1 atom stereocenters. The first-order chi connectivity index (χ1) is 12.4. The molecule has 2 amide bonds. The summed E-state index contributed by atoms with van der Waals surface area (Å²) in [6.45, 7) is 3.46. The number of rotatable bonds is 8. The van der Waals surface area contributed by atoms with Crippen LogP contribution in [0.4, 0.5) is 0 Å². The second-order valence-corrected chi connectivity index (χ2v) is 6.29. The van der Waals surface area contributed by atoms with Crippen molar-refractivity contribution in [3.8, 4) is 5.69 Å². The molecule has 1 aromatic carbocycles. The van der Waals surface area contributed by atoms with Crippen molar-refractivity contribution in [2.45, 2.75) is 26.3 Å². The normalized spacial score (nSPS) is 11.8. The standard InChI is InChI=1S/C18H22N4O4/c1-12(2)9-15(18(25)26)21-16(23)10-20-17(24)13-3-5-14(6-4-13)22-8-7-19-11-22/h3-8,11-12,15H,9-10H2,1-2H3,(H,20,24)(H,21,23)(H,25,26)/t15-/m0/s1. The highest BCUT2D eigenvalue weighted by atomic mass is 16.4. The maximum atomic E-state index is 12.1. The van der Waals surface area contributed by atoms with Gasteiger partial charge in [-0.2, -0.15) is 0 Å². The van der Waals surface area contributed by atoms with Crippen LogP contribution in [-0.2, 0) is 9.59 Å². The molecule has 1 aromatic heterocycles. The van der Waals surface area contributed by atoms with Gasteiger partial charge in [0.2, 0.25) is 5.91 Å². The molecule has 2 aromatic rings. The van der Waals surface area contributed by atoms with Gasteiger partial charge in [-0.1, -0.05) is 13.8 Å². The Kier molecular flexibility index (Phi) is 6.48. The minimum absolute atomic E-state index is 0.125. The number of aromatic nitrogens is 2. The maximum Gasteiger partial charge on any atom is 0.326 e. The number of carbonyl (C=O) groups excluding carboxylic acids is 2. The van der Waals surface area contributed by atoms with Crippen molar-refractivity contribution in [2.24, 2.45) is 5.92 Å². The molecule has 26 heavy (non-hydrogen) atoms. The highest BCUT2D eigenvalue weighted by Crippen LogP contribution is 2.09. The van der Waals surface area contributed by atoms with Crippen molar-refractivity contribution in [3.05, 3.63) is 48.5 Å². The third-order valence-electron chi connectivity index (χ3n) is 3.68. The molecule has 0 saturated carbocycles. The predicted octanol–water partition coefficient (Wildman–Crippen LogP) is 1.22. The van der Waals surface area contributed by atoms with Crippen LogP contribution in [0.5, 0.6) is 0 Å². The van der Waals surface area contributed by atoms with E-state index in [-0.39, 0.29) is 12.5 Å². The summed E-state index contributed by atoms with van der Waals surface area (Å²) in [4.78, 5) is 39.1. The van der Waals surface area contributed by atoms with Crippen LogP contribution < -0.4 is 10.6 Å². The highest BCUT2D eigenvalue weighted by Gasteiger charge is 2.21. The number of carboxylic acid groups (broad SMARTS) is 1. The number of hydrogen-bond donors (Lipinski definition) is 3.